The third-order valence-corrected chi connectivity index (χ3v) is 7.68. The molecular formula is C28H23NO4. The van der Waals surface area contributed by atoms with Crippen molar-refractivity contribution in [3.05, 3.63) is 101 Å². The Morgan fingerprint density at radius 1 is 0.879 bits per heavy atom. The molecule has 5 nitrogen and oxygen atoms in total. The first-order chi connectivity index (χ1) is 16.0. The summed E-state index contributed by atoms with van der Waals surface area (Å²) < 4.78 is 5.20. The largest absolute Gasteiger partial charge is 0.462 e. The predicted octanol–water partition coefficient (Wildman–Crippen LogP) is 4.43. The summed E-state index contributed by atoms with van der Waals surface area (Å²) in [6, 6.07) is 23.0. The fraction of sp³-hybridized carbons (Fsp3) is 0.250. The molecule has 1 fully saturated rings. The van der Waals surface area contributed by atoms with Gasteiger partial charge in [0.2, 0.25) is 11.8 Å². The van der Waals surface area contributed by atoms with E-state index in [-0.39, 0.29) is 29.9 Å². The molecule has 0 radical (unpaired) electrons. The molecule has 0 N–H and O–H groups in total. The van der Waals surface area contributed by atoms with Crippen molar-refractivity contribution < 1.29 is 19.1 Å². The van der Waals surface area contributed by atoms with Gasteiger partial charge in [-0.05, 0) is 41.3 Å². The molecule has 0 spiro atoms. The van der Waals surface area contributed by atoms with Crippen LogP contribution in [0, 0.1) is 11.8 Å². The summed E-state index contributed by atoms with van der Waals surface area (Å²) in [4.78, 5) is 41.9. The van der Waals surface area contributed by atoms with Crippen LogP contribution >= 0.6 is 0 Å². The molecule has 2 atom stereocenters. The molecule has 2 bridgehead atoms. The second-order valence-corrected chi connectivity index (χ2v) is 9.11. The van der Waals surface area contributed by atoms with Crippen LogP contribution in [0.25, 0.3) is 0 Å². The van der Waals surface area contributed by atoms with E-state index in [1.807, 2.05) is 24.3 Å². The number of anilines is 1. The van der Waals surface area contributed by atoms with E-state index in [2.05, 4.69) is 31.2 Å². The monoisotopic (exact) mass is 437 g/mol. The van der Waals surface area contributed by atoms with Gasteiger partial charge in [0.15, 0.2) is 0 Å². The second-order valence-electron chi connectivity index (χ2n) is 9.11. The second kappa shape index (κ2) is 6.88. The number of rotatable bonds is 3. The first-order valence-electron chi connectivity index (χ1n) is 11.3. The molecule has 0 saturated carbocycles. The maximum Gasteiger partial charge on any atom is 0.340 e. The molecule has 1 aliphatic heterocycles. The molecule has 5 heteroatoms. The molecule has 3 aromatic carbocycles. The number of para-hydroxylation sites is 1. The fourth-order valence-electron chi connectivity index (χ4n) is 6.44. The van der Waals surface area contributed by atoms with Crippen LogP contribution in [0.1, 0.15) is 52.4 Å². The van der Waals surface area contributed by atoms with E-state index in [0.29, 0.717) is 5.69 Å². The summed E-state index contributed by atoms with van der Waals surface area (Å²) in [6.45, 7) is 4.03. The average molecular weight is 437 g/mol. The zero-order valence-corrected chi connectivity index (χ0v) is 18.4. The minimum atomic E-state index is -0.632. The average Bonchev–Trinajstić information content (AvgIpc) is 3.11. The zero-order valence-electron chi connectivity index (χ0n) is 18.4. The summed E-state index contributed by atoms with van der Waals surface area (Å²) in [7, 11) is 0. The molecule has 3 aliphatic carbocycles. The van der Waals surface area contributed by atoms with Gasteiger partial charge in [0, 0.05) is 11.3 Å². The van der Waals surface area contributed by atoms with Gasteiger partial charge in [-0.3, -0.25) is 9.59 Å². The lowest BCUT2D eigenvalue weighted by Gasteiger charge is -2.52. The Morgan fingerprint density at radius 3 is 2.09 bits per heavy atom. The van der Waals surface area contributed by atoms with Crippen molar-refractivity contribution in [1.29, 1.82) is 0 Å². The van der Waals surface area contributed by atoms with Crippen molar-refractivity contribution in [2.24, 2.45) is 11.8 Å². The van der Waals surface area contributed by atoms with Crippen LogP contribution in [0.3, 0.4) is 0 Å². The Kier molecular flexibility index (Phi) is 4.15. The highest BCUT2D eigenvalue weighted by Gasteiger charge is 2.66. The van der Waals surface area contributed by atoms with Gasteiger partial charge < -0.3 is 4.74 Å². The topological polar surface area (TPSA) is 63.7 Å². The molecular weight excluding hydrogens is 414 g/mol. The number of imide groups is 1. The quantitative estimate of drug-likeness (QED) is 0.449. The van der Waals surface area contributed by atoms with E-state index in [1.165, 1.54) is 4.90 Å². The molecule has 1 saturated heterocycles. The Bertz CT molecular complexity index is 1300. The Balaban J connectivity index is 1.56. The van der Waals surface area contributed by atoms with Crippen molar-refractivity contribution in [3.8, 4) is 0 Å². The van der Waals surface area contributed by atoms with Crippen LogP contribution in [0.2, 0.25) is 0 Å². The number of hydrogen-bond acceptors (Lipinski definition) is 4. The normalized spacial score (nSPS) is 26.6. The Labute approximate surface area is 192 Å². The van der Waals surface area contributed by atoms with Crippen LogP contribution in [0.15, 0.2) is 72.8 Å². The van der Waals surface area contributed by atoms with E-state index in [4.69, 9.17) is 4.74 Å². The van der Waals surface area contributed by atoms with Gasteiger partial charge in [-0.25, -0.2) is 9.69 Å². The third-order valence-electron chi connectivity index (χ3n) is 7.68. The lowest BCUT2D eigenvalue weighted by Crippen LogP contribution is -2.51. The van der Waals surface area contributed by atoms with E-state index < -0.39 is 23.2 Å². The van der Waals surface area contributed by atoms with Crippen molar-refractivity contribution in [2.45, 2.75) is 25.2 Å². The van der Waals surface area contributed by atoms with E-state index in [1.54, 1.807) is 31.2 Å². The van der Waals surface area contributed by atoms with Crippen molar-refractivity contribution in [1.82, 2.24) is 0 Å². The van der Waals surface area contributed by atoms with Crippen molar-refractivity contribution in [3.63, 3.8) is 0 Å². The van der Waals surface area contributed by atoms with Crippen molar-refractivity contribution >= 4 is 23.5 Å². The van der Waals surface area contributed by atoms with Crippen LogP contribution in [-0.2, 0) is 19.7 Å². The number of ether oxygens (including phenoxy) is 1. The number of hydrogen-bond donors (Lipinski definition) is 0. The van der Waals surface area contributed by atoms with Crippen LogP contribution in [0.4, 0.5) is 5.69 Å². The smallest absolute Gasteiger partial charge is 0.340 e. The summed E-state index contributed by atoms with van der Waals surface area (Å²) in [5.74, 6) is -2.28. The minimum Gasteiger partial charge on any atom is -0.462 e. The molecule has 0 unspecified atom stereocenters. The Morgan fingerprint density at radius 2 is 1.45 bits per heavy atom. The van der Waals surface area contributed by atoms with Crippen molar-refractivity contribution in [2.75, 3.05) is 11.5 Å². The number of esters is 1. The SMILES string of the molecule is CCOC(=O)c1ccccc1N1C(=O)[C@@H]2C3c4ccccc4C(C)(c4ccccc43)[C@@H]2C1=O. The van der Waals surface area contributed by atoms with Gasteiger partial charge in [-0.2, -0.15) is 0 Å². The summed E-state index contributed by atoms with van der Waals surface area (Å²) in [5, 5.41) is 0. The number of benzene rings is 3. The van der Waals surface area contributed by atoms with Gasteiger partial charge in [-0.15, -0.1) is 0 Å². The predicted molar refractivity (Wildman–Crippen MR) is 123 cm³/mol. The lowest BCUT2D eigenvalue weighted by molar-refractivity contribution is -0.123. The van der Waals surface area contributed by atoms with Gasteiger partial charge in [0.25, 0.3) is 0 Å². The molecule has 33 heavy (non-hydrogen) atoms. The maximum absolute atomic E-state index is 14.1. The number of amides is 2. The number of carbonyl (C=O) groups is 3. The highest BCUT2D eigenvalue weighted by atomic mass is 16.5. The lowest BCUT2D eigenvalue weighted by atomic mass is 9.48. The highest BCUT2D eigenvalue weighted by Crippen LogP contribution is 2.64. The molecule has 1 heterocycles. The summed E-state index contributed by atoms with van der Waals surface area (Å²) in [5.41, 5.74) is 4.34. The summed E-state index contributed by atoms with van der Waals surface area (Å²) >= 11 is 0. The molecule has 7 rings (SSSR count). The fourth-order valence-corrected chi connectivity index (χ4v) is 6.44. The summed E-state index contributed by atoms with van der Waals surface area (Å²) in [6.07, 6.45) is 0. The highest BCUT2D eigenvalue weighted by molar-refractivity contribution is 6.25. The molecule has 3 aromatic rings. The van der Waals surface area contributed by atoms with E-state index >= 15 is 0 Å². The van der Waals surface area contributed by atoms with E-state index in [0.717, 1.165) is 22.3 Å². The first-order valence-corrected chi connectivity index (χ1v) is 11.3. The first kappa shape index (κ1) is 19.9. The van der Waals surface area contributed by atoms with Gasteiger partial charge >= 0.3 is 5.97 Å². The van der Waals surface area contributed by atoms with Gasteiger partial charge in [-0.1, -0.05) is 67.6 Å². The van der Waals surface area contributed by atoms with E-state index in [9.17, 15) is 14.4 Å². The third kappa shape index (κ3) is 2.39. The zero-order chi connectivity index (χ0) is 22.9. The van der Waals surface area contributed by atoms with Gasteiger partial charge in [0.05, 0.1) is 29.7 Å². The standard InChI is InChI=1S/C28H23NO4/c1-3-33-27(32)18-12-6-9-15-21(18)29-25(30)23-22-16-10-4-7-13-19(16)28(2,24(23)26(29)31)20-14-8-5-11-17(20)22/h4-15,22-24H,3H2,1-2H3/t22?,23-,24+,28?/m1/s1. The number of carbonyl (C=O) groups excluding carboxylic acids is 3. The van der Waals surface area contributed by atoms with Crippen LogP contribution in [-0.4, -0.2) is 24.4 Å². The number of nitrogens with zero attached hydrogens (tertiary/aromatic N) is 1. The van der Waals surface area contributed by atoms with Gasteiger partial charge in [0.1, 0.15) is 0 Å². The molecule has 4 aliphatic rings. The maximum atomic E-state index is 14.1. The Hall–Kier alpha value is -3.73. The minimum absolute atomic E-state index is 0.194. The molecule has 0 aromatic heterocycles. The molecule has 164 valence electrons. The van der Waals surface area contributed by atoms with Crippen LogP contribution < -0.4 is 4.90 Å². The van der Waals surface area contributed by atoms with Crippen LogP contribution in [0.5, 0.6) is 0 Å². The molecule has 2 amide bonds.